The molecule has 1 aromatic heterocycles. The van der Waals surface area contributed by atoms with Gasteiger partial charge in [-0.25, -0.2) is 0 Å². The van der Waals surface area contributed by atoms with Crippen LogP contribution in [0.4, 0.5) is 0 Å². The molecule has 0 saturated heterocycles. The third-order valence-corrected chi connectivity index (χ3v) is 5.04. The van der Waals surface area contributed by atoms with Crippen molar-refractivity contribution < 1.29 is 19.0 Å². The highest BCUT2D eigenvalue weighted by molar-refractivity contribution is 7.13. The zero-order chi connectivity index (χ0) is 19.2. The smallest absolute Gasteiger partial charge is 0.189 e. The predicted molar refractivity (Wildman–Crippen MR) is 109 cm³/mol. The van der Waals surface area contributed by atoms with Crippen LogP contribution in [0.3, 0.4) is 0 Å². The first-order valence-corrected chi connectivity index (χ1v) is 9.20. The SMILES string of the molecule is COc1ccc(OC)c(C(=O)C=Cc2cc(-c3cccs3)ccc2OC)c1. The lowest BCUT2D eigenvalue weighted by molar-refractivity contribution is 0.104. The Kier molecular flexibility index (Phi) is 5.94. The number of ketones is 1. The van der Waals surface area contributed by atoms with E-state index in [1.165, 1.54) is 13.2 Å². The van der Waals surface area contributed by atoms with Gasteiger partial charge >= 0.3 is 0 Å². The fraction of sp³-hybridized carbons (Fsp3) is 0.136. The standard InChI is InChI=1S/C22H20O4S/c1-24-17-8-11-21(26-3)18(14-17)19(23)9-6-15-13-16(7-10-20(15)25-2)22-5-4-12-27-22/h4-14H,1-3H3. The summed E-state index contributed by atoms with van der Waals surface area (Å²) in [6, 6.07) is 15.2. The molecule has 1 heterocycles. The van der Waals surface area contributed by atoms with Crippen LogP contribution in [-0.2, 0) is 0 Å². The van der Waals surface area contributed by atoms with E-state index in [1.807, 2.05) is 29.6 Å². The van der Waals surface area contributed by atoms with Crippen molar-refractivity contribution in [1.82, 2.24) is 0 Å². The summed E-state index contributed by atoms with van der Waals surface area (Å²) in [7, 11) is 4.72. The maximum absolute atomic E-state index is 12.7. The fourth-order valence-electron chi connectivity index (χ4n) is 2.72. The van der Waals surface area contributed by atoms with Crippen LogP contribution in [0.15, 0.2) is 60.0 Å². The topological polar surface area (TPSA) is 44.8 Å². The molecule has 3 rings (SSSR count). The quantitative estimate of drug-likeness (QED) is 0.410. The highest BCUT2D eigenvalue weighted by Gasteiger charge is 2.12. The minimum atomic E-state index is -0.172. The molecular formula is C22H20O4S. The first-order valence-electron chi connectivity index (χ1n) is 8.32. The number of methoxy groups -OCH3 is 3. The van der Waals surface area contributed by atoms with Crippen LogP contribution in [0.2, 0.25) is 0 Å². The summed E-state index contributed by atoms with van der Waals surface area (Å²) >= 11 is 1.67. The molecule has 0 aliphatic rings. The molecule has 0 saturated carbocycles. The number of hydrogen-bond acceptors (Lipinski definition) is 5. The van der Waals surface area contributed by atoms with Crippen LogP contribution in [0.1, 0.15) is 15.9 Å². The monoisotopic (exact) mass is 380 g/mol. The van der Waals surface area contributed by atoms with Gasteiger partial charge in [0.15, 0.2) is 5.78 Å². The number of allylic oxidation sites excluding steroid dienone is 1. The number of carbonyl (C=O) groups excluding carboxylic acids is 1. The molecule has 0 bridgehead atoms. The van der Waals surface area contributed by atoms with E-state index < -0.39 is 0 Å². The van der Waals surface area contributed by atoms with Gasteiger partial charge < -0.3 is 14.2 Å². The van der Waals surface area contributed by atoms with Crippen molar-refractivity contribution in [2.75, 3.05) is 21.3 Å². The average Bonchev–Trinajstić information content (AvgIpc) is 3.26. The van der Waals surface area contributed by atoms with Gasteiger partial charge in [0.05, 0.1) is 26.9 Å². The summed E-state index contributed by atoms with van der Waals surface area (Å²) < 4.78 is 15.9. The maximum atomic E-state index is 12.7. The van der Waals surface area contributed by atoms with E-state index in [2.05, 4.69) is 6.07 Å². The predicted octanol–water partition coefficient (Wildman–Crippen LogP) is 5.34. The Morgan fingerprint density at radius 1 is 0.926 bits per heavy atom. The molecule has 5 heteroatoms. The molecule has 27 heavy (non-hydrogen) atoms. The third-order valence-electron chi connectivity index (χ3n) is 4.12. The molecule has 138 valence electrons. The first-order chi connectivity index (χ1) is 13.2. The zero-order valence-corrected chi connectivity index (χ0v) is 16.2. The molecule has 0 atom stereocenters. The second-order valence-corrected chi connectivity index (χ2v) is 6.65. The number of benzene rings is 2. The summed E-state index contributed by atoms with van der Waals surface area (Å²) in [6.45, 7) is 0. The number of hydrogen-bond donors (Lipinski definition) is 0. The molecule has 2 aromatic carbocycles. The van der Waals surface area contributed by atoms with Crippen LogP contribution < -0.4 is 14.2 Å². The van der Waals surface area contributed by atoms with Crippen molar-refractivity contribution in [3.63, 3.8) is 0 Å². The fourth-order valence-corrected chi connectivity index (χ4v) is 3.45. The highest BCUT2D eigenvalue weighted by atomic mass is 32.1. The van der Waals surface area contributed by atoms with Gasteiger partial charge in [-0.3, -0.25) is 4.79 Å². The molecule has 0 amide bonds. The summed E-state index contributed by atoms with van der Waals surface area (Å²) in [4.78, 5) is 13.9. The first kappa shape index (κ1) is 18.7. The third kappa shape index (κ3) is 4.20. The maximum Gasteiger partial charge on any atom is 0.189 e. The van der Waals surface area contributed by atoms with Crippen molar-refractivity contribution in [2.45, 2.75) is 0 Å². The van der Waals surface area contributed by atoms with E-state index in [1.54, 1.807) is 49.8 Å². The van der Waals surface area contributed by atoms with Crippen molar-refractivity contribution >= 4 is 23.2 Å². The van der Waals surface area contributed by atoms with E-state index >= 15 is 0 Å². The van der Waals surface area contributed by atoms with E-state index in [4.69, 9.17) is 14.2 Å². The Hall–Kier alpha value is -3.05. The molecular weight excluding hydrogens is 360 g/mol. The van der Waals surface area contributed by atoms with Crippen LogP contribution in [0, 0.1) is 0 Å². The van der Waals surface area contributed by atoms with Crippen LogP contribution in [-0.4, -0.2) is 27.1 Å². The van der Waals surface area contributed by atoms with Crippen LogP contribution in [0.5, 0.6) is 17.2 Å². The van der Waals surface area contributed by atoms with E-state index in [0.29, 0.717) is 22.8 Å². The van der Waals surface area contributed by atoms with Crippen LogP contribution in [0.25, 0.3) is 16.5 Å². The van der Waals surface area contributed by atoms with Gasteiger partial charge in [0, 0.05) is 10.4 Å². The van der Waals surface area contributed by atoms with Crippen LogP contribution >= 0.6 is 11.3 Å². The minimum absolute atomic E-state index is 0.172. The largest absolute Gasteiger partial charge is 0.497 e. The molecule has 0 N–H and O–H groups in total. The van der Waals surface area contributed by atoms with Gasteiger partial charge in [-0.2, -0.15) is 0 Å². The molecule has 0 fully saturated rings. The van der Waals surface area contributed by atoms with Crippen molar-refractivity contribution in [3.8, 4) is 27.7 Å². The van der Waals surface area contributed by atoms with Gasteiger partial charge in [-0.1, -0.05) is 6.07 Å². The Morgan fingerprint density at radius 2 is 1.70 bits per heavy atom. The Labute approximate surface area is 162 Å². The number of carbonyl (C=O) groups is 1. The molecule has 3 aromatic rings. The molecule has 0 unspecified atom stereocenters. The van der Waals surface area contributed by atoms with Crippen molar-refractivity contribution in [1.29, 1.82) is 0 Å². The van der Waals surface area contributed by atoms with Gasteiger partial charge in [0.25, 0.3) is 0 Å². The van der Waals surface area contributed by atoms with Gasteiger partial charge in [0.1, 0.15) is 17.2 Å². The van der Waals surface area contributed by atoms with Gasteiger partial charge in [-0.15, -0.1) is 11.3 Å². The Balaban J connectivity index is 1.93. The summed E-state index contributed by atoms with van der Waals surface area (Å²) in [5.41, 5.74) is 2.36. The van der Waals surface area contributed by atoms with Crippen molar-refractivity contribution in [2.24, 2.45) is 0 Å². The summed E-state index contributed by atoms with van der Waals surface area (Å²) in [5.74, 6) is 1.64. The Morgan fingerprint density at radius 3 is 2.37 bits per heavy atom. The number of rotatable bonds is 7. The summed E-state index contributed by atoms with van der Waals surface area (Å²) in [5, 5.41) is 2.04. The average molecular weight is 380 g/mol. The number of thiophene rings is 1. The molecule has 0 aliphatic heterocycles. The molecule has 4 nitrogen and oxygen atoms in total. The molecule has 0 aliphatic carbocycles. The summed E-state index contributed by atoms with van der Waals surface area (Å²) in [6.07, 6.45) is 3.28. The number of ether oxygens (including phenoxy) is 3. The second-order valence-electron chi connectivity index (χ2n) is 5.70. The highest BCUT2D eigenvalue weighted by Crippen LogP contribution is 2.31. The van der Waals surface area contributed by atoms with Gasteiger partial charge in [-0.05, 0) is 65.6 Å². The molecule has 0 radical (unpaired) electrons. The van der Waals surface area contributed by atoms with Crippen molar-refractivity contribution in [3.05, 3.63) is 71.1 Å². The second kappa shape index (κ2) is 8.56. The van der Waals surface area contributed by atoms with E-state index in [-0.39, 0.29) is 5.78 Å². The molecule has 0 spiro atoms. The van der Waals surface area contributed by atoms with E-state index in [9.17, 15) is 4.79 Å². The lowest BCUT2D eigenvalue weighted by Crippen LogP contribution is -2.00. The van der Waals surface area contributed by atoms with E-state index in [0.717, 1.165) is 16.0 Å². The minimum Gasteiger partial charge on any atom is -0.497 e. The zero-order valence-electron chi connectivity index (χ0n) is 15.4. The normalized spacial score (nSPS) is 10.8. The van der Waals surface area contributed by atoms with Gasteiger partial charge in [0.2, 0.25) is 0 Å². The lowest BCUT2D eigenvalue weighted by Gasteiger charge is -2.09. The lowest BCUT2D eigenvalue weighted by atomic mass is 10.0. The Bertz CT molecular complexity index is 958.